The first-order valence-corrected chi connectivity index (χ1v) is 7.57. The summed E-state index contributed by atoms with van der Waals surface area (Å²) in [5.41, 5.74) is 3.11. The maximum Gasteiger partial charge on any atom is 0.220 e. The van der Waals surface area contributed by atoms with E-state index in [9.17, 15) is 4.79 Å². The van der Waals surface area contributed by atoms with Crippen LogP contribution in [0.2, 0.25) is 10.0 Å². The normalized spacial score (nSPS) is 10.4. The minimum absolute atomic E-state index is 0.00695. The zero-order chi connectivity index (χ0) is 15.2. The van der Waals surface area contributed by atoms with E-state index in [0.717, 1.165) is 11.1 Å². The topological polar surface area (TPSA) is 29.1 Å². The van der Waals surface area contributed by atoms with Crippen molar-refractivity contribution in [3.63, 3.8) is 0 Å². The number of carbonyl (C=O) groups excluding carboxylic acids is 1. The first-order valence-electron chi connectivity index (χ1n) is 6.81. The Hall–Kier alpha value is -1.51. The molecule has 0 aromatic heterocycles. The molecule has 0 atom stereocenters. The number of rotatable bonds is 5. The lowest BCUT2D eigenvalue weighted by Gasteiger charge is -2.08. The molecule has 1 N–H and O–H groups in total. The Morgan fingerprint density at radius 1 is 1.10 bits per heavy atom. The summed E-state index contributed by atoms with van der Waals surface area (Å²) in [6, 6.07) is 13.4. The first-order chi connectivity index (χ1) is 10.1. The molecule has 0 aliphatic rings. The Morgan fingerprint density at radius 2 is 1.76 bits per heavy atom. The van der Waals surface area contributed by atoms with Gasteiger partial charge in [-0.1, -0.05) is 59.1 Å². The molecule has 0 heterocycles. The van der Waals surface area contributed by atoms with Gasteiger partial charge in [0.2, 0.25) is 5.91 Å². The summed E-state index contributed by atoms with van der Waals surface area (Å²) in [5.74, 6) is -0.00695. The molecule has 0 radical (unpaired) electrons. The van der Waals surface area contributed by atoms with Crippen LogP contribution in [0.3, 0.4) is 0 Å². The van der Waals surface area contributed by atoms with E-state index in [0.29, 0.717) is 29.4 Å². The Morgan fingerprint density at radius 3 is 2.43 bits per heavy atom. The largest absolute Gasteiger partial charge is 0.352 e. The zero-order valence-corrected chi connectivity index (χ0v) is 13.3. The molecule has 1 amide bonds. The van der Waals surface area contributed by atoms with E-state index in [4.69, 9.17) is 23.2 Å². The number of amides is 1. The Balaban J connectivity index is 1.85. The van der Waals surface area contributed by atoms with Gasteiger partial charge in [-0.15, -0.1) is 0 Å². The smallest absolute Gasteiger partial charge is 0.220 e. The van der Waals surface area contributed by atoms with Crippen molar-refractivity contribution in [1.82, 2.24) is 5.32 Å². The molecular formula is C17H17Cl2NO. The van der Waals surface area contributed by atoms with Gasteiger partial charge in [0.15, 0.2) is 0 Å². The highest BCUT2D eigenvalue weighted by Crippen LogP contribution is 2.25. The molecule has 2 aromatic carbocycles. The molecule has 2 aromatic rings. The van der Waals surface area contributed by atoms with E-state index in [1.807, 2.05) is 25.1 Å². The molecule has 21 heavy (non-hydrogen) atoms. The Bertz CT molecular complexity index is 620. The van der Waals surface area contributed by atoms with E-state index in [-0.39, 0.29) is 5.91 Å². The number of aryl methyl sites for hydroxylation is 1. The maximum absolute atomic E-state index is 11.9. The van der Waals surface area contributed by atoms with Crippen LogP contribution >= 0.6 is 23.2 Å². The molecule has 0 unspecified atom stereocenters. The highest BCUT2D eigenvalue weighted by atomic mass is 35.5. The molecule has 0 aliphatic carbocycles. The predicted octanol–water partition coefficient (Wildman–Crippen LogP) is 4.55. The molecule has 2 nitrogen and oxygen atoms in total. The second-order valence-corrected chi connectivity index (χ2v) is 5.78. The van der Waals surface area contributed by atoms with Gasteiger partial charge in [-0.25, -0.2) is 0 Å². The summed E-state index contributed by atoms with van der Waals surface area (Å²) in [5, 5.41) is 4.12. The molecule has 110 valence electrons. The summed E-state index contributed by atoms with van der Waals surface area (Å²) in [4.78, 5) is 11.9. The average molecular weight is 322 g/mol. The van der Waals surface area contributed by atoms with Gasteiger partial charge >= 0.3 is 0 Å². The average Bonchev–Trinajstić information content (AvgIpc) is 2.45. The summed E-state index contributed by atoms with van der Waals surface area (Å²) in [6.45, 7) is 2.57. The predicted molar refractivity (Wildman–Crippen MR) is 87.8 cm³/mol. The number of hydrogen-bond acceptors (Lipinski definition) is 1. The van der Waals surface area contributed by atoms with Crippen molar-refractivity contribution in [2.24, 2.45) is 0 Å². The third kappa shape index (κ3) is 4.76. The highest BCUT2D eigenvalue weighted by molar-refractivity contribution is 6.36. The standard InChI is InChI=1S/C17H17Cl2NO/c1-12-4-2-5-13(10-12)11-20-17(21)9-8-14-15(18)6-3-7-16(14)19/h2-7,10H,8-9,11H2,1H3,(H,20,21). The van der Waals surface area contributed by atoms with Gasteiger partial charge < -0.3 is 5.32 Å². The van der Waals surface area contributed by atoms with E-state index >= 15 is 0 Å². The van der Waals surface area contributed by atoms with E-state index in [2.05, 4.69) is 11.4 Å². The number of nitrogens with one attached hydrogen (secondary N) is 1. The van der Waals surface area contributed by atoms with Gasteiger partial charge in [-0.05, 0) is 36.6 Å². The fourth-order valence-corrected chi connectivity index (χ4v) is 2.71. The van der Waals surface area contributed by atoms with Crippen molar-refractivity contribution in [1.29, 1.82) is 0 Å². The van der Waals surface area contributed by atoms with E-state index < -0.39 is 0 Å². The third-order valence-electron chi connectivity index (χ3n) is 3.24. The number of carbonyl (C=O) groups is 1. The van der Waals surface area contributed by atoms with Crippen LogP contribution in [-0.4, -0.2) is 5.91 Å². The van der Waals surface area contributed by atoms with Crippen molar-refractivity contribution in [2.75, 3.05) is 0 Å². The van der Waals surface area contributed by atoms with Crippen molar-refractivity contribution in [3.8, 4) is 0 Å². The van der Waals surface area contributed by atoms with Gasteiger partial charge in [0.25, 0.3) is 0 Å². The highest BCUT2D eigenvalue weighted by Gasteiger charge is 2.08. The van der Waals surface area contributed by atoms with Gasteiger partial charge in [0.1, 0.15) is 0 Å². The molecule has 4 heteroatoms. The van der Waals surface area contributed by atoms with Gasteiger partial charge in [-0.3, -0.25) is 4.79 Å². The molecule has 0 aliphatic heterocycles. The fraction of sp³-hybridized carbons (Fsp3) is 0.235. The SMILES string of the molecule is Cc1cccc(CNC(=O)CCc2c(Cl)cccc2Cl)c1. The summed E-state index contributed by atoms with van der Waals surface area (Å²) < 4.78 is 0. The van der Waals surface area contributed by atoms with Crippen LogP contribution < -0.4 is 5.32 Å². The lowest BCUT2D eigenvalue weighted by Crippen LogP contribution is -2.23. The van der Waals surface area contributed by atoms with Gasteiger partial charge in [0, 0.05) is 23.0 Å². The van der Waals surface area contributed by atoms with E-state index in [1.54, 1.807) is 18.2 Å². The molecule has 0 fully saturated rings. The van der Waals surface area contributed by atoms with Gasteiger partial charge in [0.05, 0.1) is 0 Å². The summed E-state index contributed by atoms with van der Waals surface area (Å²) >= 11 is 12.2. The molecule has 0 spiro atoms. The van der Waals surface area contributed by atoms with Crippen LogP contribution in [0.5, 0.6) is 0 Å². The first kappa shape index (κ1) is 15.9. The van der Waals surface area contributed by atoms with E-state index in [1.165, 1.54) is 5.56 Å². The maximum atomic E-state index is 11.9. The molecule has 2 rings (SSSR count). The third-order valence-corrected chi connectivity index (χ3v) is 3.94. The zero-order valence-electron chi connectivity index (χ0n) is 11.8. The lowest BCUT2D eigenvalue weighted by atomic mass is 10.1. The second-order valence-electron chi connectivity index (χ2n) is 4.97. The van der Waals surface area contributed by atoms with Crippen molar-refractivity contribution >= 4 is 29.1 Å². The summed E-state index contributed by atoms with van der Waals surface area (Å²) in [7, 11) is 0. The van der Waals surface area contributed by atoms with Crippen molar-refractivity contribution in [2.45, 2.75) is 26.3 Å². The Labute approximate surface area is 135 Å². The van der Waals surface area contributed by atoms with Crippen LogP contribution in [0.25, 0.3) is 0 Å². The van der Waals surface area contributed by atoms with Gasteiger partial charge in [-0.2, -0.15) is 0 Å². The minimum atomic E-state index is -0.00695. The quantitative estimate of drug-likeness (QED) is 0.859. The van der Waals surface area contributed by atoms with Crippen LogP contribution in [0.4, 0.5) is 0 Å². The summed E-state index contributed by atoms with van der Waals surface area (Å²) in [6.07, 6.45) is 0.910. The fourth-order valence-electron chi connectivity index (χ4n) is 2.12. The van der Waals surface area contributed by atoms with Crippen molar-refractivity contribution in [3.05, 3.63) is 69.2 Å². The monoisotopic (exact) mass is 321 g/mol. The number of benzene rings is 2. The number of halogens is 2. The van der Waals surface area contributed by atoms with Crippen LogP contribution in [0.1, 0.15) is 23.1 Å². The van der Waals surface area contributed by atoms with Crippen LogP contribution in [0, 0.1) is 6.92 Å². The number of hydrogen-bond donors (Lipinski definition) is 1. The van der Waals surface area contributed by atoms with Crippen LogP contribution in [0.15, 0.2) is 42.5 Å². The Kier molecular flexibility index (Phi) is 5.66. The molecule has 0 bridgehead atoms. The molecule has 0 saturated carbocycles. The minimum Gasteiger partial charge on any atom is -0.352 e. The lowest BCUT2D eigenvalue weighted by molar-refractivity contribution is -0.121. The van der Waals surface area contributed by atoms with Crippen molar-refractivity contribution < 1.29 is 4.79 Å². The van der Waals surface area contributed by atoms with Crippen LogP contribution in [-0.2, 0) is 17.8 Å². The molecule has 0 saturated heterocycles. The molecular weight excluding hydrogens is 305 g/mol. The second kappa shape index (κ2) is 7.48.